The lowest BCUT2D eigenvalue weighted by atomic mass is 10.0. The average Bonchev–Trinajstić information content (AvgIpc) is 3.08. The highest BCUT2D eigenvalue weighted by Gasteiger charge is 2.16. The first kappa shape index (κ1) is 15.3. The predicted octanol–water partition coefficient (Wildman–Crippen LogP) is 4.23. The number of hydrogen-bond acceptors (Lipinski definition) is 5. The molecule has 124 valence electrons. The highest BCUT2D eigenvalue weighted by molar-refractivity contribution is 5.86. The molecule has 2 aromatic heterocycles. The first-order chi connectivity index (χ1) is 12.2. The lowest BCUT2D eigenvalue weighted by Gasteiger charge is -2.21. The van der Waals surface area contributed by atoms with E-state index in [1.807, 2.05) is 26.1 Å². The zero-order valence-electron chi connectivity index (χ0n) is 14.2. The second kappa shape index (κ2) is 6.36. The van der Waals surface area contributed by atoms with Crippen LogP contribution in [0.3, 0.4) is 0 Å². The maximum atomic E-state index is 5.33. The molecule has 0 aliphatic heterocycles. The zero-order valence-corrected chi connectivity index (χ0v) is 14.2. The van der Waals surface area contributed by atoms with Crippen LogP contribution in [0, 0.1) is 6.92 Å². The van der Waals surface area contributed by atoms with Crippen molar-refractivity contribution in [1.29, 1.82) is 0 Å². The summed E-state index contributed by atoms with van der Waals surface area (Å²) in [5.41, 5.74) is 2.09. The third-order valence-electron chi connectivity index (χ3n) is 4.19. The summed E-state index contributed by atoms with van der Waals surface area (Å²) in [5.74, 6) is 1.92. The SMILES string of the molecule is Cc1noc(-c2cccnc2N(C)Cc2cccc3ccccc23)n1. The fourth-order valence-corrected chi connectivity index (χ4v) is 3.04. The maximum Gasteiger partial charge on any atom is 0.261 e. The van der Waals surface area contributed by atoms with Crippen LogP contribution in [0.25, 0.3) is 22.2 Å². The molecule has 25 heavy (non-hydrogen) atoms. The van der Waals surface area contributed by atoms with Crippen molar-refractivity contribution in [3.8, 4) is 11.5 Å². The number of pyridine rings is 1. The second-order valence-electron chi connectivity index (χ2n) is 6.02. The summed E-state index contributed by atoms with van der Waals surface area (Å²) in [6.45, 7) is 2.54. The number of rotatable bonds is 4. The Morgan fingerprint density at radius 2 is 1.84 bits per heavy atom. The van der Waals surface area contributed by atoms with E-state index in [1.165, 1.54) is 16.3 Å². The molecule has 0 fully saturated rings. The molecule has 4 aromatic rings. The first-order valence-electron chi connectivity index (χ1n) is 8.16. The van der Waals surface area contributed by atoms with Gasteiger partial charge in [0.2, 0.25) is 0 Å². The molecular weight excluding hydrogens is 312 g/mol. The molecule has 5 heteroatoms. The van der Waals surface area contributed by atoms with E-state index in [0.29, 0.717) is 11.7 Å². The summed E-state index contributed by atoms with van der Waals surface area (Å²) < 4.78 is 5.33. The van der Waals surface area contributed by atoms with Crippen molar-refractivity contribution in [1.82, 2.24) is 15.1 Å². The van der Waals surface area contributed by atoms with E-state index < -0.39 is 0 Å². The molecule has 2 heterocycles. The van der Waals surface area contributed by atoms with Crippen LogP contribution in [0.15, 0.2) is 65.3 Å². The van der Waals surface area contributed by atoms with E-state index in [1.54, 1.807) is 6.20 Å². The van der Waals surface area contributed by atoms with Crippen LogP contribution in [0.2, 0.25) is 0 Å². The predicted molar refractivity (Wildman–Crippen MR) is 98.3 cm³/mol. The molecule has 0 aliphatic carbocycles. The molecule has 0 spiro atoms. The van der Waals surface area contributed by atoms with Gasteiger partial charge in [0.25, 0.3) is 5.89 Å². The summed E-state index contributed by atoms with van der Waals surface area (Å²) in [6, 6.07) is 18.6. The molecular formula is C20H18N4O. The monoisotopic (exact) mass is 330 g/mol. The van der Waals surface area contributed by atoms with Crippen molar-refractivity contribution < 1.29 is 4.52 Å². The van der Waals surface area contributed by atoms with E-state index >= 15 is 0 Å². The van der Waals surface area contributed by atoms with Gasteiger partial charge in [0, 0.05) is 19.8 Å². The van der Waals surface area contributed by atoms with Gasteiger partial charge in [0.05, 0.1) is 5.56 Å². The van der Waals surface area contributed by atoms with Gasteiger partial charge in [-0.1, -0.05) is 47.6 Å². The third-order valence-corrected chi connectivity index (χ3v) is 4.19. The normalized spacial score (nSPS) is 11.0. The standard InChI is InChI=1S/C20H18N4O/c1-14-22-20(25-23-14)18-11-6-12-21-19(18)24(2)13-16-9-5-8-15-7-3-4-10-17(15)16/h3-12H,13H2,1-2H3. The van der Waals surface area contributed by atoms with Crippen LogP contribution in [0.4, 0.5) is 5.82 Å². The van der Waals surface area contributed by atoms with Crippen molar-refractivity contribution >= 4 is 16.6 Å². The molecule has 5 nitrogen and oxygen atoms in total. The minimum absolute atomic E-state index is 0.491. The molecule has 0 atom stereocenters. The largest absolute Gasteiger partial charge is 0.355 e. The molecule has 0 unspecified atom stereocenters. The number of fused-ring (bicyclic) bond motifs is 1. The Morgan fingerprint density at radius 1 is 1.00 bits per heavy atom. The lowest BCUT2D eigenvalue weighted by Crippen LogP contribution is -2.18. The Bertz CT molecular complexity index is 1020. The molecule has 2 aromatic carbocycles. The van der Waals surface area contributed by atoms with Crippen LogP contribution < -0.4 is 4.90 Å². The molecule has 4 rings (SSSR count). The Balaban J connectivity index is 1.71. The molecule has 0 N–H and O–H groups in total. The Hall–Kier alpha value is -3.21. The highest BCUT2D eigenvalue weighted by Crippen LogP contribution is 2.28. The Morgan fingerprint density at radius 3 is 2.68 bits per heavy atom. The minimum Gasteiger partial charge on any atom is -0.355 e. The van der Waals surface area contributed by atoms with Gasteiger partial charge >= 0.3 is 0 Å². The molecule has 0 radical (unpaired) electrons. The van der Waals surface area contributed by atoms with Gasteiger partial charge in [-0.25, -0.2) is 4.98 Å². The molecule has 0 saturated heterocycles. The minimum atomic E-state index is 0.491. The number of hydrogen-bond donors (Lipinski definition) is 0. The summed E-state index contributed by atoms with van der Waals surface area (Å²) in [7, 11) is 2.02. The molecule has 0 amide bonds. The number of nitrogens with zero attached hydrogens (tertiary/aromatic N) is 4. The third kappa shape index (κ3) is 2.96. The van der Waals surface area contributed by atoms with E-state index in [9.17, 15) is 0 Å². The summed E-state index contributed by atoms with van der Waals surface area (Å²) in [6.07, 6.45) is 1.78. The van der Waals surface area contributed by atoms with Crippen molar-refractivity contribution in [2.24, 2.45) is 0 Å². The first-order valence-corrected chi connectivity index (χ1v) is 8.16. The van der Waals surface area contributed by atoms with Gasteiger partial charge in [0.15, 0.2) is 5.82 Å². The van der Waals surface area contributed by atoms with Crippen LogP contribution in [-0.4, -0.2) is 22.2 Å². The Kier molecular flexibility index (Phi) is 3.90. The van der Waals surface area contributed by atoms with E-state index in [2.05, 4.69) is 62.5 Å². The maximum absolute atomic E-state index is 5.33. The number of aromatic nitrogens is 3. The zero-order chi connectivity index (χ0) is 17.2. The fraction of sp³-hybridized carbons (Fsp3) is 0.150. The quantitative estimate of drug-likeness (QED) is 0.560. The number of aryl methyl sites for hydroxylation is 1. The summed E-state index contributed by atoms with van der Waals surface area (Å²) in [5, 5.41) is 6.38. The van der Waals surface area contributed by atoms with Gasteiger partial charge in [-0.05, 0) is 35.4 Å². The molecule has 0 bridgehead atoms. The van der Waals surface area contributed by atoms with E-state index in [0.717, 1.165) is 17.9 Å². The van der Waals surface area contributed by atoms with Crippen molar-refractivity contribution in [3.63, 3.8) is 0 Å². The topological polar surface area (TPSA) is 55.1 Å². The number of anilines is 1. The van der Waals surface area contributed by atoms with Crippen molar-refractivity contribution in [2.45, 2.75) is 13.5 Å². The number of benzene rings is 2. The van der Waals surface area contributed by atoms with Gasteiger partial charge in [0.1, 0.15) is 5.82 Å². The molecule has 0 saturated carbocycles. The lowest BCUT2D eigenvalue weighted by molar-refractivity contribution is 0.425. The van der Waals surface area contributed by atoms with Gasteiger partial charge in [-0.15, -0.1) is 0 Å². The van der Waals surface area contributed by atoms with Crippen molar-refractivity contribution in [2.75, 3.05) is 11.9 Å². The van der Waals surface area contributed by atoms with Crippen molar-refractivity contribution in [3.05, 3.63) is 72.2 Å². The van der Waals surface area contributed by atoms with Crippen LogP contribution in [-0.2, 0) is 6.54 Å². The summed E-state index contributed by atoms with van der Waals surface area (Å²) >= 11 is 0. The van der Waals surface area contributed by atoms with Gasteiger partial charge in [-0.3, -0.25) is 0 Å². The second-order valence-corrected chi connectivity index (χ2v) is 6.02. The van der Waals surface area contributed by atoms with Gasteiger partial charge < -0.3 is 9.42 Å². The van der Waals surface area contributed by atoms with Crippen LogP contribution in [0.1, 0.15) is 11.4 Å². The van der Waals surface area contributed by atoms with Crippen LogP contribution >= 0.6 is 0 Å². The van der Waals surface area contributed by atoms with E-state index in [-0.39, 0.29) is 0 Å². The average molecular weight is 330 g/mol. The van der Waals surface area contributed by atoms with Crippen LogP contribution in [0.5, 0.6) is 0 Å². The molecule has 0 aliphatic rings. The van der Waals surface area contributed by atoms with Gasteiger partial charge in [-0.2, -0.15) is 4.98 Å². The highest BCUT2D eigenvalue weighted by atomic mass is 16.5. The van der Waals surface area contributed by atoms with E-state index in [4.69, 9.17) is 4.52 Å². The fourth-order valence-electron chi connectivity index (χ4n) is 3.04. The Labute approximate surface area is 145 Å². The smallest absolute Gasteiger partial charge is 0.261 e. The summed E-state index contributed by atoms with van der Waals surface area (Å²) in [4.78, 5) is 11.0.